The number of carbonyl (C=O) groups is 2. The molecule has 0 spiro atoms. The Morgan fingerprint density at radius 1 is 1.48 bits per heavy atom. The summed E-state index contributed by atoms with van der Waals surface area (Å²) >= 11 is 0. The first kappa shape index (κ1) is 16.7. The number of aliphatic carboxylic acids is 1. The third-order valence-electron chi connectivity index (χ3n) is 2.99. The van der Waals surface area contributed by atoms with Crippen LogP contribution in [-0.2, 0) is 11.2 Å². The van der Waals surface area contributed by atoms with E-state index in [-0.39, 0.29) is 12.2 Å². The SMILES string of the molecule is C=CCC(NC(=O)NCCc1ccc(F)cc1C)C(=O)O. The van der Waals surface area contributed by atoms with E-state index in [0.29, 0.717) is 13.0 Å². The largest absolute Gasteiger partial charge is 0.480 e. The van der Waals surface area contributed by atoms with Crippen LogP contribution < -0.4 is 10.6 Å². The molecule has 2 amide bonds. The van der Waals surface area contributed by atoms with Gasteiger partial charge in [-0.1, -0.05) is 12.1 Å². The summed E-state index contributed by atoms with van der Waals surface area (Å²) in [5.41, 5.74) is 1.74. The van der Waals surface area contributed by atoms with Gasteiger partial charge in [-0.05, 0) is 43.0 Å². The molecule has 0 radical (unpaired) electrons. The van der Waals surface area contributed by atoms with Gasteiger partial charge in [0.05, 0.1) is 0 Å². The first-order valence-electron chi connectivity index (χ1n) is 6.57. The second kappa shape index (κ2) is 8.04. The lowest BCUT2D eigenvalue weighted by Gasteiger charge is -2.13. The van der Waals surface area contributed by atoms with Crippen LogP contribution in [0.25, 0.3) is 0 Å². The highest BCUT2D eigenvalue weighted by atomic mass is 19.1. The molecule has 0 aliphatic carbocycles. The Bertz CT molecular complexity index is 532. The maximum absolute atomic E-state index is 12.9. The van der Waals surface area contributed by atoms with Crippen molar-refractivity contribution < 1.29 is 19.1 Å². The zero-order chi connectivity index (χ0) is 15.8. The number of rotatable bonds is 7. The van der Waals surface area contributed by atoms with Crippen LogP contribution in [0.4, 0.5) is 9.18 Å². The summed E-state index contributed by atoms with van der Waals surface area (Å²) in [4.78, 5) is 22.5. The fourth-order valence-electron chi connectivity index (χ4n) is 1.85. The van der Waals surface area contributed by atoms with Gasteiger partial charge in [-0.2, -0.15) is 0 Å². The Hall–Kier alpha value is -2.37. The number of hydrogen-bond acceptors (Lipinski definition) is 2. The Kier molecular flexibility index (Phi) is 6.39. The summed E-state index contributed by atoms with van der Waals surface area (Å²) < 4.78 is 12.9. The molecule has 0 aliphatic heterocycles. The van der Waals surface area contributed by atoms with Crippen LogP contribution in [0, 0.1) is 12.7 Å². The van der Waals surface area contributed by atoms with Crippen LogP contribution in [-0.4, -0.2) is 29.7 Å². The number of hydrogen-bond donors (Lipinski definition) is 3. The Morgan fingerprint density at radius 2 is 2.19 bits per heavy atom. The molecule has 5 nitrogen and oxygen atoms in total. The van der Waals surface area contributed by atoms with Gasteiger partial charge in [-0.25, -0.2) is 14.0 Å². The summed E-state index contributed by atoms with van der Waals surface area (Å²) in [6.45, 7) is 5.57. The predicted molar refractivity (Wildman–Crippen MR) is 77.6 cm³/mol. The average molecular weight is 294 g/mol. The topological polar surface area (TPSA) is 78.4 Å². The minimum atomic E-state index is -1.11. The van der Waals surface area contributed by atoms with Gasteiger partial charge in [-0.15, -0.1) is 6.58 Å². The number of carbonyl (C=O) groups excluding carboxylic acids is 1. The molecular formula is C15H19FN2O3. The summed E-state index contributed by atoms with van der Waals surface area (Å²) in [7, 11) is 0. The van der Waals surface area contributed by atoms with Gasteiger partial charge in [0, 0.05) is 6.54 Å². The van der Waals surface area contributed by atoms with Gasteiger partial charge < -0.3 is 15.7 Å². The minimum absolute atomic E-state index is 0.153. The number of urea groups is 1. The Labute approximate surface area is 122 Å². The van der Waals surface area contributed by atoms with Crippen molar-refractivity contribution in [3.8, 4) is 0 Å². The molecule has 114 valence electrons. The highest BCUT2D eigenvalue weighted by molar-refractivity contribution is 5.82. The molecule has 0 aromatic heterocycles. The lowest BCUT2D eigenvalue weighted by atomic mass is 10.1. The van der Waals surface area contributed by atoms with Crippen molar-refractivity contribution >= 4 is 12.0 Å². The molecule has 1 atom stereocenters. The number of carboxylic acids is 1. The van der Waals surface area contributed by atoms with Gasteiger partial charge in [0.1, 0.15) is 11.9 Å². The van der Waals surface area contributed by atoms with Crippen molar-refractivity contribution in [3.63, 3.8) is 0 Å². The summed E-state index contributed by atoms with van der Waals surface area (Å²) in [5, 5.41) is 13.8. The van der Waals surface area contributed by atoms with E-state index in [4.69, 9.17) is 5.11 Å². The van der Waals surface area contributed by atoms with Gasteiger partial charge in [0.2, 0.25) is 0 Å². The maximum atomic E-state index is 12.9. The monoisotopic (exact) mass is 294 g/mol. The van der Waals surface area contributed by atoms with E-state index in [1.807, 2.05) is 0 Å². The number of amides is 2. The van der Waals surface area contributed by atoms with Crippen molar-refractivity contribution in [2.75, 3.05) is 6.54 Å². The quantitative estimate of drug-likeness (QED) is 0.673. The smallest absolute Gasteiger partial charge is 0.326 e. The minimum Gasteiger partial charge on any atom is -0.480 e. The van der Waals surface area contributed by atoms with Crippen LogP contribution in [0.3, 0.4) is 0 Å². The molecule has 1 unspecified atom stereocenters. The van der Waals surface area contributed by atoms with Crippen LogP contribution >= 0.6 is 0 Å². The number of halogens is 1. The number of carboxylic acid groups (broad SMARTS) is 1. The molecule has 6 heteroatoms. The fourth-order valence-corrected chi connectivity index (χ4v) is 1.85. The predicted octanol–water partition coefficient (Wildman–Crippen LogP) is 2.01. The van der Waals surface area contributed by atoms with Crippen LogP contribution in [0.5, 0.6) is 0 Å². The van der Waals surface area contributed by atoms with Crippen LogP contribution in [0.1, 0.15) is 17.5 Å². The molecular weight excluding hydrogens is 275 g/mol. The van der Waals surface area contributed by atoms with Crippen molar-refractivity contribution in [1.29, 1.82) is 0 Å². The molecule has 3 N–H and O–H groups in total. The van der Waals surface area contributed by atoms with E-state index in [0.717, 1.165) is 11.1 Å². The van der Waals surface area contributed by atoms with Gasteiger partial charge in [-0.3, -0.25) is 0 Å². The van der Waals surface area contributed by atoms with E-state index >= 15 is 0 Å². The molecule has 1 rings (SSSR count). The van der Waals surface area contributed by atoms with Gasteiger partial charge in [0.15, 0.2) is 0 Å². The summed E-state index contributed by atoms with van der Waals surface area (Å²) in [6.07, 6.45) is 2.12. The lowest BCUT2D eigenvalue weighted by molar-refractivity contribution is -0.139. The lowest BCUT2D eigenvalue weighted by Crippen LogP contribution is -2.46. The van der Waals surface area contributed by atoms with Crippen LogP contribution in [0.2, 0.25) is 0 Å². The Balaban J connectivity index is 2.42. The van der Waals surface area contributed by atoms with Crippen LogP contribution in [0.15, 0.2) is 30.9 Å². The van der Waals surface area contributed by atoms with E-state index in [1.165, 1.54) is 18.2 Å². The standard InChI is InChI=1S/C15H19FN2O3/c1-3-4-13(14(19)20)18-15(21)17-8-7-11-5-6-12(16)9-10(11)2/h3,5-6,9,13H,1,4,7-8H2,2H3,(H,19,20)(H2,17,18,21). The third-order valence-corrected chi connectivity index (χ3v) is 2.99. The zero-order valence-corrected chi connectivity index (χ0v) is 11.9. The molecule has 0 aliphatic rings. The van der Waals surface area contributed by atoms with E-state index in [2.05, 4.69) is 17.2 Å². The van der Waals surface area contributed by atoms with Gasteiger partial charge >= 0.3 is 12.0 Å². The second-order valence-corrected chi connectivity index (χ2v) is 4.64. The van der Waals surface area contributed by atoms with Crippen molar-refractivity contribution in [3.05, 3.63) is 47.8 Å². The summed E-state index contributed by atoms with van der Waals surface area (Å²) in [6, 6.07) is 2.92. The third kappa shape index (κ3) is 5.64. The van der Waals surface area contributed by atoms with E-state index < -0.39 is 18.0 Å². The molecule has 0 fully saturated rings. The first-order valence-corrected chi connectivity index (χ1v) is 6.57. The van der Waals surface area contributed by atoms with Crippen molar-refractivity contribution in [2.24, 2.45) is 0 Å². The van der Waals surface area contributed by atoms with Crippen molar-refractivity contribution in [2.45, 2.75) is 25.8 Å². The van der Waals surface area contributed by atoms with Gasteiger partial charge in [0.25, 0.3) is 0 Å². The van der Waals surface area contributed by atoms with E-state index in [9.17, 15) is 14.0 Å². The first-order chi connectivity index (χ1) is 9.93. The highest BCUT2D eigenvalue weighted by Gasteiger charge is 2.17. The molecule has 1 aromatic rings. The number of aryl methyl sites for hydroxylation is 1. The van der Waals surface area contributed by atoms with Crippen molar-refractivity contribution in [1.82, 2.24) is 10.6 Å². The summed E-state index contributed by atoms with van der Waals surface area (Å²) in [5.74, 6) is -1.41. The zero-order valence-electron chi connectivity index (χ0n) is 11.9. The second-order valence-electron chi connectivity index (χ2n) is 4.64. The molecule has 21 heavy (non-hydrogen) atoms. The molecule has 0 heterocycles. The Morgan fingerprint density at radius 3 is 2.76 bits per heavy atom. The molecule has 0 bridgehead atoms. The molecule has 1 aromatic carbocycles. The number of nitrogens with one attached hydrogen (secondary N) is 2. The normalized spacial score (nSPS) is 11.5. The van der Waals surface area contributed by atoms with E-state index in [1.54, 1.807) is 13.0 Å². The molecule has 0 saturated carbocycles. The fraction of sp³-hybridized carbons (Fsp3) is 0.333. The average Bonchev–Trinajstić information content (AvgIpc) is 2.40. The highest BCUT2D eigenvalue weighted by Crippen LogP contribution is 2.10. The molecule has 0 saturated heterocycles. The maximum Gasteiger partial charge on any atom is 0.326 e. The number of benzene rings is 1.